The van der Waals surface area contributed by atoms with Crippen molar-refractivity contribution in [1.29, 1.82) is 0 Å². The van der Waals surface area contributed by atoms with Crippen molar-refractivity contribution in [2.24, 2.45) is 0 Å². The number of rotatable bonds is 5. The van der Waals surface area contributed by atoms with Crippen molar-refractivity contribution in [2.75, 3.05) is 11.9 Å². The Kier molecular flexibility index (Phi) is 5.43. The van der Waals surface area contributed by atoms with Crippen LogP contribution in [0.5, 0.6) is 5.75 Å². The molecule has 0 bridgehead atoms. The van der Waals surface area contributed by atoms with E-state index in [0.29, 0.717) is 37.4 Å². The highest BCUT2D eigenvalue weighted by Crippen LogP contribution is 2.42. The molecule has 0 amide bonds. The quantitative estimate of drug-likeness (QED) is 0.344. The molecule has 0 atom stereocenters. The average molecular weight is 514 g/mol. The van der Waals surface area contributed by atoms with Crippen LogP contribution in [0.3, 0.4) is 0 Å². The molecule has 0 fully saturated rings. The third-order valence-corrected chi connectivity index (χ3v) is 7.56. The van der Waals surface area contributed by atoms with Crippen LogP contribution >= 0.6 is 38.9 Å². The van der Waals surface area contributed by atoms with Crippen molar-refractivity contribution in [2.45, 2.75) is 4.90 Å². The van der Waals surface area contributed by atoms with Crippen LogP contribution in [0.25, 0.3) is 32.1 Å². The Labute approximate surface area is 183 Å². The fourth-order valence-electron chi connectivity index (χ4n) is 3.23. The lowest BCUT2D eigenvalue weighted by atomic mass is 9.97. The fourth-order valence-corrected chi connectivity index (χ4v) is 5.76. The number of thiophene rings is 1. The minimum Gasteiger partial charge on any atom is -0.507 e. The number of sulfonamides is 1. The molecule has 3 N–H and O–H groups in total. The molecule has 0 unspecified atom stereocenters. The fraction of sp³-hybridized carbons (Fsp3) is 0.105. The summed E-state index contributed by atoms with van der Waals surface area (Å²) in [6.07, 6.45) is 0. The second-order valence-corrected chi connectivity index (χ2v) is 10.1. The van der Waals surface area contributed by atoms with Crippen molar-refractivity contribution in [3.05, 3.63) is 57.2 Å². The first-order valence-electron chi connectivity index (χ1n) is 8.44. The SMILES string of the molecule is O=c1[nH]c2c(Cl)cc(O)c(-c3ccc(S(=O)(=O)NCCBr)cc3)c2c2ccsc12. The van der Waals surface area contributed by atoms with Crippen molar-refractivity contribution in [3.63, 3.8) is 0 Å². The number of phenols is 1. The number of alkyl halides is 1. The van der Waals surface area contributed by atoms with E-state index in [-0.39, 0.29) is 27.8 Å². The number of H-pyrrole nitrogens is 1. The van der Waals surface area contributed by atoms with Crippen molar-refractivity contribution in [1.82, 2.24) is 9.71 Å². The molecule has 29 heavy (non-hydrogen) atoms. The van der Waals surface area contributed by atoms with Gasteiger partial charge in [0.1, 0.15) is 10.4 Å². The van der Waals surface area contributed by atoms with Gasteiger partial charge in [-0.05, 0) is 29.1 Å². The minimum absolute atomic E-state index is 0.0601. The van der Waals surface area contributed by atoms with E-state index in [4.69, 9.17) is 11.6 Å². The smallest absolute Gasteiger partial charge is 0.266 e. The Morgan fingerprint density at radius 1 is 1.21 bits per heavy atom. The van der Waals surface area contributed by atoms with Crippen LogP contribution in [-0.4, -0.2) is 30.4 Å². The van der Waals surface area contributed by atoms with E-state index >= 15 is 0 Å². The van der Waals surface area contributed by atoms with Gasteiger partial charge >= 0.3 is 0 Å². The Bertz CT molecular complexity index is 1400. The van der Waals surface area contributed by atoms with Gasteiger partial charge in [0.15, 0.2) is 0 Å². The lowest BCUT2D eigenvalue weighted by Gasteiger charge is -2.13. The summed E-state index contributed by atoms with van der Waals surface area (Å²) in [4.78, 5) is 15.2. The molecule has 0 aliphatic rings. The Morgan fingerprint density at radius 3 is 2.62 bits per heavy atom. The van der Waals surface area contributed by atoms with Gasteiger partial charge in [0.2, 0.25) is 10.0 Å². The van der Waals surface area contributed by atoms with Gasteiger partial charge < -0.3 is 10.1 Å². The number of nitrogens with one attached hydrogen (secondary N) is 2. The lowest BCUT2D eigenvalue weighted by Crippen LogP contribution is -2.25. The number of halogens is 2. The molecular weight excluding hydrogens is 500 g/mol. The van der Waals surface area contributed by atoms with Crippen LogP contribution in [0.4, 0.5) is 0 Å². The highest BCUT2D eigenvalue weighted by atomic mass is 79.9. The standard InChI is InChI=1S/C19H14BrClN2O4S2/c20-6-7-22-29(26,27)11-3-1-10(2-4-11)15-14(24)9-13(21)17-16(15)12-5-8-28-18(12)19(25)23-17/h1-5,8-9,22,24H,6-7H2,(H,23,25). The summed E-state index contributed by atoms with van der Waals surface area (Å²) in [6.45, 7) is 0.274. The second kappa shape index (κ2) is 7.73. The summed E-state index contributed by atoms with van der Waals surface area (Å²) in [6, 6.07) is 9.36. The first-order chi connectivity index (χ1) is 13.8. The van der Waals surface area contributed by atoms with E-state index in [2.05, 4.69) is 25.6 Å². The number of hydrogen-bond donors (Lipinski definition) is 3. The summed E-state index contributed by atoms with van der Waals surface area (Å²) in [5, 5.41) is 14.5. The summed E-state index contributed by atoms with van der Waals surface area (Å²) in [5.74, 6) is -0.0601. The summed E-state index contributed by atoms with van der Waals surface area (Å²) < 4.78 is 27.6. The maximum Gasteiger partial charge on any atom is 0.266 e. The van der Waals surface area contributed by atoms with Gasteiger partial charge in [0.05, 0.1) is 15.4 Å². The predicted molar refractivity (Wildman–Crippen MR) is 121 cm³/mol. The Hall–Kier alpha value is -1.91. The summed E-state index contributed by atoms with van der Waals surface area (Å²) in [5.41, 5.74) is 1.25. The molecule has 4 aromatic rings. The molecule has 0 aliphatic carbocycles. The molecule has 150 valence electrons. The first kappa shape index (κ1) is 20.4. The zero-order valence-electron chi connectivity index (χ0n) is 14.7. The molecule has 0 aliphatic heterocycles. The zero-order valence-corrected chi connectivity index (χ0v) is 18.7. The maximum atomic E-state index is 12.3. The van der Waals surface area contributed by atoms with E-state index < -0.39 is 10.0 Å². The van der Waals surface area contributed by atoms with Gasteiger partial charge in [-0.15, -0.1) is 11.3 Å². The molecule has 2 heterocycles. The number of hydrogen-bond acceptors (Lipinski definition) is 5. The zero-order chi connectivity index (χ0) is 20.8. The molecule has 2 aromatic carbocycles. The van der Waals surface area contributed by atoms with Crippen LogP contribution < -0.4 is 10.3 Å². The van der Waals surface area contributed by atoms with Gasteiger partial charge in [-0.25, -0.2) is 13.1 Å². The molecule has 0 spiro atoms. The van der Waals surface area contributed by atoms with Gasteiger partial charge in [0.25, 0.3) is 5.56 Å². The number of aromatic nitrogens is 1. The van der Waals surface area contributed by atoms with Crippen LogP contribution in [0.1, 0.15) is 0 Å². The Morgan fingerprint density at radius 2 is 1.93 bits per heavy atom. The van der Waals surface area contributed by atoms with Gasteiger partial charge in [-0.2, -0.15) is 0 Å². The van der Waals surface area contributed by atoms with Gasteiger partial charge in [0, 0.05) is 34.3 Å². The number of fused-ring (bicyclic) bond motifs is 3. The highest BCUT2D eigenvalue weighted by Gasteiger charge is 2.19. The van der Waals surface area contributed by atoms with E-state index in [1.807, 2.05) is 0 Å². The largest absolute Gasteiger partial charge is 0.507 e. The topological polar surface area (TPSA) is 99.3 Å². The third-order valence-electron chi connectivity index (χ3n) is 4.48. The van der Waals surface area contributed by atoms with Crippen LogP contribution in [0.2, 0.25) is 5.02 Å². The van der Waals surface area contributed by atoms with Gasteiger partial charge in [-0.1, -0.05) is 39.7 Å². The maximum absolute atomic E-state index is 12.3. The molecule has 10 heteroatoms. The normalized spacial score (nSPS) is 12.1. The number of benzene rings is 2. The molecule has 0 saturated carbocycles. The molecular formula is C19H14BrClN2O4S2. The highest BCUT2D eigenvalue weighted by molar-refractivity contribution is 9.09. The van der Waals surface area contributed by atoms with Crippen molar-refractivity contribution < 1.29 is 13.5 Å². The van der Waals surface area contributed by atoms with Gasteiger partial charge in [-0.3, -0.25) is 4.79 Å². The molecule has 4 rings (SSSR count). The monoisotopic (exact) mass is 512 g/mol. The number of phenolic OH excluding ortho intramolecular Hbond substituents is 1. The number of aromatic hydroxyl groups is 1. The van der Waals surface area contributed by atoms with Crippen LogP contribution in [0.15, 0.2) is 51.5 Å². The average Bonchev–Trinajstić information content (AvgIpc) is 3.18. The van der Waals surface area contributed by atoms with Crippen LogP contribution in [0, 0.1) is 0 Å². The van der Waals surface area contributed by atoms with E-state index in [9.17, 15) is 18.3 Å². The molecule has 6 nitrogen and oxygen atoms in total. The number of aromatic amines is 1. The second-order valence-electron chi connectivity index (χ2n) is 6.23. The number of pyridine rings is 1. The van der Waals surface area contributed by atoms with Crippen LogP contribution in [-0.2, 0) is 10.0 Å². The minimum atomic E-state index is -3.62. The predicted octanol–water partition coefficient (Wildman–Crippen LogP) is 4.44. The Balaban J connectivity index is 1.95. The van der Waals surface area contributed by atoms with E-state index in [1.165, 1.54) is 29.5 Å². The summed E-state index contributed by atoms with van der Waals surface area (Å²) in [7, 11) is -3.62. The third kappa shape index (κ3) is 3.57. The summed E-state index contributed by atoms with van der Waals surface area (Å²) >= 11 is 10.8. The van der Waals surface area contributed by atoms with Crippen molar-refractivity contribution in [3.8, 4) is 16.9 Å². The molecule has 2 aromatic heterocycles. The van der Waals surface area contributed by atoms with E-state index in [1.54, 1.807) is 23.6 Å². The van der Waals surface area contributed by atoms with E-state index in [0.717, 1.165) is 0 Å². The van der Waals surface area contributed by atoms with Crippen molar-refractivity contribution >= 4 is 69.9 Å². The molecule has 0 radical (unpaired) electrons. The first-order valence-corrected chi connectivity index (χ1v) is 12.3. The lowest BCUT2D eigenvalue weighted by molar-refractivity contribution is 0.478. The molecule has 0 saturated heterocycles.